The van der Waals surface area contributed by atoms with Crippen molar-refractivity contribution in [3.05, 3.63) is 62.6 Å². The van der Waals surface area contributed by atoms with Gasteiger partial charge >= 0.3 is 0 Å². The molecule has 0 spiro atoms. The van der Waals surface area contributed by atoms with Crippen LogP contribution in [-0.2, 0) is 6.42 Å². The number of furan rings is 1. The maximum Gasteiger partial charge on any atom is 0.287 e. The van der Waals surface area contributed by atoms with Gasteiger partial charge in [-0.2, -0.15) is 5.10 Å². The highest BCUT2D eigenvalue weighted by Crippen LogP contribution is 2.30. The zero-order valence-corrected chi connectivity index (χ0v) is 16.4. The normalized spacial score (nSPS) is 14.6. The Balaban J connectivity index is 1.81. The van der Waals surface area contributed by atoms with Gasteiger partial charge < -0.3 is 9.73 Å². The molecule has 0 aliphatic heterocycles. The van der Waals surface area contributed by atoms with Crippen molar-refractivity contribution in [3.8, 4) is 0 Å². The third kappa shape index (κ3) is 4.34. The molecule has 0 unspecified atom stereocenters. The number of benzene rings is 1. The standard InChI is InChI=1S/C20H22N4O5/c1-11(2)21-20(26)18-12(3)17-15(5-4-6-16(17)29-18)22-23-19(25)13-7-9-14(10-8-13)24(27)28/h7-11H,4-6H2,1-3H3,(H,21,26)(H,23,25)/b22-15+. The molecular weight excluding hydrogens is 376 g/mol. The second-order valence-electron chi connectivity index (χ2n) is 7.14. The van der Waals surface area contributed by atoms with Gasteiger partial charge in [0.05, 0.1) is 10.6 Å². The molecule has 0 bridgehead atoms. The molecule has 2 N–H and O–H groups in total. The average Bonchev–Trinajstić information content (AvgIpc) is 3.03. The van der Waals surface area contributed by atoms with Crippen molar-refractivity contribution >= 4 is 23.2 Å². The van der Waals surface area contributed by atoms with Crippen molar-refractivity contribution in [2.24, 2.45) is 5.10 Å². The number of nitro groups is 1. The highest BCUT2D eigenvalue weighted by atomic mass is 16.6. The summed E-state index contributed by atoms with van der Waals surface area (Å²) in [7, 11) is 0. The predicted octanol–water partition coefficient (Wildman–Crippen LogP) is 3.10. The maximum atomic E-state index is 12.4. The molecule has 0 radical (unpaired) electrons. The van der Waals surface area contributed by atoms with E-state index in [0.29, 0.717) is 29.9 Å². The van der Waals surface area contributed by atoms with Crippen LogP contribution in [0.4, 0.5) is 5.69 Å². The van der Waals surface area contributed by atoms with Crippen molar-refractivity contribution in [2.45, 2.75) is 46.1 Å². The summed E-state index contributed by atoms with van der Waals surface area (Å²) < 4.78 is 5.79. The van der Waals surface area contributed by atoms with Gasteiger partial charge in [0.2, 0.25) is 0 Å². The number of fused-ring (bicyclic) bond motifs is 1. The van der Waals surface area contributed by atoms with Crippen molar-refractivity contribution in [1.82, 2.24) is 10.7 Å². The van der Waals surface area contributed by atoms with E-state index in [0.717, 1.165) is 12.0 Å². The molecule has 0 atom stereocenters. The van der Waals surface area contributed by atoms with E-state index in [4.69, 9.17) is 4.42 Å². The fourth-order valence-corrected chi connectivity index (χ4v) is 3.24. The van der Waals surface area contributed by atoms with Crippen molar-refractivity contribution in [1.29, 1.82) is 0 Å². The van der Waals surface area contributed by atoms with Crippen LogP contribution in [0, 0.1) is 17.0 Å². The molecule has 0 saturated carbocycles. The first-order valence-electron chi connectivity index (χ1n) is 9.32. The third-order valence-electron chi connectivity index (χ3n) is 4.58. The molecule has 1 heterocycles. The minimum absolute atomic E-state index is 0.0156. The first-order valence-corrected chi connectivity index (χ1v) is 9.32. The van der Waals surface area contributed by atoms with Crippen molar-refractivity contribution < 1.29 is 18.9 Å². The predicted molar refractivity (Wildman–Crippen MR) is 106 cm³/mol. The third-order valence-corrected chi connectivity index (χ3v) is 4.58. The summed E-state index contributed by atoms with van der Waals surface area (Å²) >= 11 is 0. The van der Waals surface area contributed by atoms with E-state index < -0.39 is 10.8 Å². The molecule has 3 rings (SSSR count). The van der Waals surface area contributed by atoms with Crippen LogP contribution in [0.1, 0.15) is 64.5 Å². The SMILES string of the molecule is Cc1c(C(=O)NC(C)C)oc2c1/C(=N/NC(=O)c1ccc([N+](=O)[O-])cc1)CCC2. The van der Waals surface area contributed by atoms with Crippen LogP contribution in [-0.4, -0.2) is 28.5 Å². The van der Waals surface area contributed by atoms with Crippen LogP contribution in [0.2, 0.25) is 0 Å². The molecule has 0 saturated heterocycles. The van der Waals surface area contributed by atoms with Gasteiger partial charge in [0.15, 0.2) is 5.76 Å². The van der Waals surface area contributed by atoms with Crippen LogP contribution in [0.15, 0.2) is 33.8 Å². The zero-order chi connectivity index (χ0) is 21.1. The van der Waals surface area contributed by atoms with Gasteiger partial charge in [0.25, 0.3) is 17.5 Å². The number of carbonyl (C=O) groups is 2. The average molecular weight is 398 g/mol. The van der Waals surface area contributed by atoms with Gasteiger partial charge in [0.1, 0.15) is 5.76 Å². The first-order chi connectivity index (χ1) is 13.8. The highest BCUT2D eigenvalue weighted by Gasteiger charge is 2.28. The number of aryl methyl sites for hydroxylation is 1. The number of hydrogen-bond acceptors (Lipinski definition) is 6. The highest BCUT2D eigenvalue weighted by molar-refractivity contribution is 6.07. The van der Waals surface area contributed by atoms with Crippen molar-refractivity contribution in [2.75, 3.05) is 0 Å². The summed E-state index contributed by atoms with van der Waals surface area (Å²) in [6.07, 6.45) is 2.12. The molecule has 1 aliphatic carbocycles. The zero-order valence-electron chi connectivity index (χ0n) is 16.4. The van der Waals surface area contributed by atoms with Gasteiger partial charge in [-0.25, -0.2) is 5.43 Å². The molecule has 9 heteroatoms. The van der Waals surface area contributed by atoms with Crippen LogP contribution in [0.25, 0.3) is 0 Å². The van der Waals surface area contributed by atoms with Gasteiger partial charge in [-0.3, -0.25) is 19.7 Å². The molecule has 2 aromatic rings. The summed E-state index contributed by atoms with van der Waals surface area (Å²) in [6.45, 7) is 5.55. The molecule has 0 fully saturated rings. The number of hydrogen-bond donors (Lipinski definition) is 2. The van der Waals surface area contributed by atoms with Gasteiger partial charge in [-0.15, -0.1) is 0 Å². The number of amides is 2. The van der Waals surface area contributed by atoms with E-state index >= 15 is 0 Å². The summed E-state index contributed by atoms with van der Waals surface area (Å²) in [5.74, 6) is 0.200. The first kappa shape index (κ1) is 20.2. The lowest BCUT2D eigenvalue weighted by atomic mass is 9.93. The molecule has 1 aromatic heterocycles. The smallest absolute Gasteiger partial charge is 0.287 e. The number of carbonyl (C=O) groups excluding carboxylic acids is 2. The molecule has 29 heavy (non-hydrogen) atoms. The summed E-state index contributed by atoms with van der Waals surface area (Å²) in [6, 6.07) is 5.26. The fourth-order valence-electron chi connectivity index (χ4n) is 3.24. The van der Waals surface area contributed by atoms with Gasteiger partial charge in [0, 0.05) is 41.3 Å². The topological polar surface area (TPSA) is 127 Å². The van der Waals surface area contributed by atoms with E-state index in [1.807, 2.05) is 13.8 Å². The lowest BCUT2D eigenvalue weighted by Crippen LogP contribution is -2.30. The Bertz CT molecular complexity index is 989. The largest absolute Gasteiger partial charge is 0.455 e. The Kier molecular flexibility index (Phi) is 5.76. The summed E-state index contributed by atoms with van der Waals surface area (Å²) in [4.78, 5) is 34.9. The van der Waals surface area contributed by atoms with E-state index in [9.17, 15) is 19.7 Å². The Morgan fingerprint density at radius 1 is 1.17 bits per heavy atom. The Morgan fingerprint density at radius 2 is 1.86 bits per heavy atom. The molecule has 1 aliphatic rings. The second-order valence-corrected chi connectivity index (χ2v) is 7.14. The Morgan fingerprint density at radius 3 is 2.48 bits per heavy atom. The minimum atomic E-state index is -0.528. The number of non-ortho nitro benzene ring substituents is 1. The summed E-state index contributed by atoms with van der Waals surface area (Å²) in [5.41, 5.74) is 4.76. The van der Waals surface area contributed by atoms with Crippen LogP contribution < -0.4 is 10.7 Å². The Hall–Kier alpha value is -3.49. The lowest BCUT2D eigenvalue weighted by Gasteiger charge is -2.13. The van der Waals surface area contributed by atoms with E-state index in [2.05, 4.69) is 15.8 Å². The molecule has 152 valence electrons. The van der Waals surface area contributed by atoms with E-state index in [1.165, 1.54) is 24.3 Å². The minimum Gasteiger partial charge on any atom is -0.455 e. The molecule has 2 amide bonds. The Labute approximate surface area is 167 Å². The van der Waals surface area contributed by atoms with Crippen LogP contribution in [0.5, 0.6) is 0 Å². The number of nitrogens with zero attached hydrogens (tertiary/aromatic N) is 2. The molecule has 1 aromatic carbocycles. The van der Waals surface area contributed by atoms with E-state index in [-0.39, 0.29) is 29.0 Å². The van der Waals surface area contributed by atoms with Crippen LogP contribution >= 0.6 is 0 Å². The number of hydrazone groups is 1. The molecular formula is C20H22N4O5. The number of nitro benzene ring substituents is 1. The maximum absolute atomic E-state index is 12.4. The van der Waals surface area contributed by atoms with E-state index in [1.54, 1.807) is 6.92 Å². The fraction of sp³-hybridized carbons (Fsp3) is 0.350. The number of rotatable bonds is 5. The molecule has 9 nitrogen and oxygen atoms in total. The monoisotopic (exact) mass is 398 g/mol. The second kappa shape index (κ2) is 8.26. The van der Waals surface area contributed by atoms with Gasteiger partial charge in [-0.05, 0) is 45.7 Å². The van der Waals surface area contributed by atoms with Crippen LogP contribution in [0.3, 0.4) is 0 Å². The summed E-state index contributed by atoms with van der Waals surface area (Å²) in [5, 5.41) is 17.8. The van der Waals surface area contributed by atoms with Crippen molar-refractivity contribution in [3.63, 3.8) is 0 Å². The lowest BCUT2D eigenvalue weighted by molar-refractivity contribution is -0.384. The van der Waals surface area contributed by atoms with Gasteiger partial charge in [-0.1, -0.05) is 0 Å². The quantitative estimate of drug-likeness (QED) is 0.591. The number of nitrogens with one attached hydrogen (secondary N) is 2.